The molecule has 1 unspecified atom stereocenters. The van der Waals surface area contributed by atoms with Crippen LogP contribution in [0.4, 0.5) is 26.3 Å². The Morgan fingerprint density at radius 2 is 1.21 bits per heavy atom. The van der Waals surface area contributed by atoms with E-state index in [0.29, 0.717) is 0 Å². The van der Waals surface area contributed by atoms with Gasteiger partial charge >= 0.3 is 12.4 Å². The molecule has 0 amide bonds. The van der Waals surface area contributed by atoms with Gasteiger partial charge in [0.15, 0.2) is 19.7 Å². The molecule has 1 atom stereocenters. The van der Waals surface area contributed by atoms with Gasteiger partial charge < -0.3 is 0 Å². The van der Waals surface area contributed by atoms with Crippen LogP contribution >= 0.6 is 0 Å². The summed E-state index contributed by atoms with van der Waals surface area (Å²) >= 11 is 0. The number of rotatable bonds is 5. The van der Waals surface area contributed by atoms with Gasteiger partial charge in [0.1, 0.15) is 11.5 Å². The zero-order chi connectivity index (χ0) is 15.7. The third kappa shape index (κ3) is 8.29. The molecule has 0 bridgehead atoms. The highest BCUT2D eigenvalue weighted by atomic mass is 32.2. The van der Waals surface area contributed by atoms with Crippen molar-refractivity contribution in [1.82, 2.24) is 0 Å². The van der Waals surface area contributed by atoms with Gasteiger partial charge in [-0.15, -0.1) is 0 Å². The molecule has 0 saturated carbocycles. The van der Waals surface area contributed by atoms with Gasteiger partial charge in [0, 0.05) is 0 Å². The summed E-state index contributed by atoms with van der Waals surface area (Å²) in [5.74, 6) is -6.27. The number of halogens is 6. The molecule has 0 aromatic carbocycles. The lowest BCUT2D eigenvalue weighted by Gasteiger charge is -2.15. The minimum Gasteiger partial charge on any atom is -0.228 e. The van der Waals surface area contributed by atoms with Gasteiger partial charge in [0.2, 0.25) is 0 Å². The van der Waals surface area contributed by atoms with Crippen LogP contribution in [-0.2, 0) is 19.7 Å². The molecule has 19 heavy (non-hydrogen) atoms. The lowest BCUT2D eigenvalue weighted by atomic mass is 10.6. The Labute approximate surface area is 105 Å². The minimum absolute atomic E-state index is 1.62. The first-order valence-corrected chi connectivity index (χ1v) is 7.96. The Bertz CT molecular complexity index is 501. The number of alkyl halides is 6. The molecule has 0 aliphatic rings. The number of hydrogen-bond donors (Lipinski definition) is 0. The van der Waals surface area contributed by atoms with Gasteiger partial charge in [-0.1, -0.05) is 0 Å². The highest BCUT2D eigenvalue weighted by Gasteiger charge is 2.41. The Balaban J connectivity index is 4.93. The SMILES string of the molecule is [CH2]C(CS(=O)(=O)CC(F)(F)F)S(=O)(=O)CC(F)(F)F. The Morgan fingerprint density at radius 1 is 0.842 bits per heavy atom. The molecular weight excluding hydrogens is 326 g/mol. The quantitative estimate of drug-likeness (QED) is 0.707. The summed E-state index contributed by atoms with van der Waals surface area (Å²) in [7, 11) is -9.90. The van der Waals surface area contributed by atoms with E-state index in [-0.39, 0.29) is 0 Å². The molecule has 12 heteroatoms. The first-order chi connectivity index (χ1) is 8.04. The number of sulfone groups is 2. The Kier molecular flexibility index (Phi) is 5.31. The molecule has 4 nitrogen and oxygen atoms in total. The fourth-order valence-electron chi connectivity index (χ4n) is 1.04. The molecule has 0 fully saturated rings. The van der Waals surface area contributed by atoms with Crippen molar-refractivity contribution < 1.29 is 43.2 Å². The number of hydrogen-bond acceptors (Lipinski definition) is 4. The van der Waals surface area contributed by atoms with Crippen molar-refractivity contribution in [2.75, 3.05) is 17.3 Å². The zero-order valence-corrected chi connectivity index (χ0v) is 10.8. The van der Waals surface area contributed by atoms with Crippen molar-refractivity contribution in [2.24, 2.45) is 0 Å². The molecule has 1 radical (unpaired) electrons. The van der Waals surface area contributed by atoms with Gasteiger partial charge in [-0.05, 0) is 6.92 Å². The maximum absolute atomic E-state index is 11.9. The third-order valence-corrected chi connectivity index (χ3v) is 5.50. The fourth-order valence-corrected chi connectivity index (χ4v) is 4.37. The van der Waals surface area contributed by atoms with E-state index >= 15 is 0 Å². The van der Waals surface area contributed by atoms with Crippen molar-refractivity contribution in [1.29, 1.82) is 0 Å². The zero-order valence-electron chi connectivity index (χ0n) is 9.12. The molecule has 0 aromatic heterocycles. The van der Waals surface area contributed by atoms with Crippen LogP contribution in [0.25, 0.3) is 0 Å². The third-order valence-electron chi connectivity index (χ3n) is 1.70. The van der Waals surface area contributed by atoms with Crippen LogP contribution in [-0.4, -0.2) is 51.7 Å². The normalized spacial score (nSPS) is 16.4. The predicted molar refractivity (Wildman–Crippen MR) is 53.7 cm³/mol. The summed E-state index contributed by atoms with van der Waals surface area (Å²) in [6, 6.07) is 0. The van der Waals surface area contributed by atoms with Crippen molar-refractivity contribution in [3.05, 3.63) is 6.92 Å². The summed E-state index contributed by atoms with van der Waals surface area (Å²) < 4.78 is 115. The Hall–Kier alpha value is -0.520. The van der Waals surface area contributed by atoms with Crippen LogP contribution in [0, 0.1) is 6.92 Å². The molecular formula is C7H9F6O4S2. The highest BCUT2D eigenvalue weighted by Crippen LogP contribution is 2.22. The summed E-state index contributed by atoms with van der Waals surface area (Å²) in [4.78, 5) is 0. The van der Waals surface area contributed by atoms with E-state index in [2.05, 4.69) is 6.92 Å². The maximum Gasteiger partial charge on any atom is 0.402 e. The first kappa shape index (κ1) is 18.5. The molecule has 0 heterocycles. The van der Waals surface area contributed by atoms with E-state index in [1.165, 1.54) is 0 Å². The van der Waals surface area contributed by atoms with Crippen molar-refractivity contribution >= 4 is 19.7 Å². The smallest absolute Gasteiger partial charge is 0.228 e. The molecule has 0 saturated heterocycles. The summed E-state index contributed by atoms with van der Waals surface area (Å²) in [6.07, 6.45) is -10.2. The second-order valence-electron chi connectivity index (χ2n) is 3.71. The summed E-state index contributed by atoms with van der Waals surface area (Å²) in [5.41, 5.74) is 0. The fraction of sp³-hybridized carbons (Fsp3) is 0.857. The van der Waals surface area contributed by atoms with E-state index in [1.54, 1.807) is 0 Å². The average Bonchev–Trinajstić information content (AvgIpc) is 1.91. The Morgan fingerprint density at radius 3 is 1.53 bits per heavy atom. The van der Waals surface area contributed by atoms with E-state index in [1.807, 2.05) is 0 Å². The van der Waals surface area contributed by atoms with Crippen LogP contribution in [0.3, 0.4) is 0 Å². The standard InChI is InChI=1S/C7H9F6O4S2/c1-5(19(16,17)4-7(11,12)13)2-18(14,15)3-6(8,9)10/h5H,1-4H2. The summed E-state index contributed by atoms with van der Waals surface area (Å²) in [5, 5.41) is -2.32. The van der Waals surface area contributed by atoms with Crippen LogP contribution in [0.15, 0.2) is 0 Å². The van der Waals surface area contributed by atoms with Crippen molar-refractivity contribution in [3.8, 4) is 0 Å². The first-order valence-electron chi connectivity index (χ1n) is 4.43. The topological polar surface area (TPSA) is 68.3 Å². The summed E-state index contributed by atoms with van der Waals surface area (Å²) in [6.45, 7) is 2.67. The molecule has 0 rings (SSSR count). The van der Waals surface area contributed by atoms with Gasteiger partial charge in [-0.2, -0.15) is 26.3 Å². The van der Waals surface area contributed by atoms with Gasteiger partial charge in [0.25, 0.3) is 0 Å². The largest absolute Gasteiger partial charge is 0.402 e. The van der Waals surface area contributed by atoms with E-state index in [0.717, 1.165) is 0 Å². The highest BCUT2D eigenvalue weighted by molar-refractivity contribution is 7.95. The molecule has 0 aromatic rings. The van der Waals surface area contributed by atoms with E-state index in [4.69, 9.17) is 0 Å². The van der Waals surface area contributed by atoms with Gasteiger partial charge in [0.05, 0.1) is 11.0 Å². The molecule has 0 spiro atoms. The van der Waals surface area contributed by atoms with Crippen LogP contribution in [0.2, 0.25) is 0 Å². The predicted octanol–water partition coefficient (Wildman–Crippen LogP) is 1.14. The molecule has 0 aliphatic carbocycles. The van der Waals surface area contributed by atoms with Crippen molar-refractivity contribution in [3.63, 3.8) is 0 Å². The second kappa shape index (κ2) is 5.46. The van der Waals surface area contributed by atoms with Crippen LogP contribution in [0.1, 0.15) is 0 Å². The lowest BCUT2D eigenvalue weighted by Crippen LogP contribution is -2.37. The van der Waals surface area contributed by atoms with Crippen LogP contribution in [0.5, 0.6) is 0 Å². The average molecular weight is 335 g/mol. The maximum atomic E-state index is 11.9. The molecule has 0 N–H and O–H groups in total. The van der Waals surface area contributed by atoms with E-state index in [9.17, 15) is 43.2 Å². The molecule has 0 aliphatic heterocycles. The van der Waals surface area contributed by atoms with Crippen molar-refractivity contribution in [2.45, 2.75) is 17.6 Å². The second-order valence-corrected chi connectivity index (χ2v) is 8.10. The monoisotopic (exact) mass is 335 g/mol. The van der Waals surface area contributed by atoms with E-state index < -0.39 is 54.5 Å². The molecule has 115 valence electrons. The minimum atomic E-state index is -5.12. The van der Waals surface area contributed by atoms with Gasteiger partial charge in [-0.3, -0.25) is 0 Å². The van der Waals surface area contributed by atoms with Gasteiger partial charge in [-0.25, -0.2) is 16.8 Å². The van der Waals surface area contributed by atoms with Crippen LogP contribution < -0.4 is 0 Å². The lowest BCUT2D eigenvalue weighted by molar-refractivity contribution is -0.107.